The Balaban J connectivity index is 2.16. The van der Waals surface area contributed by atoms with Crippen molar-refractivity contribution in [2.24, 2.45) is 0 Å². The van der Waals surface area contributed by atoms with E-state index >= 15 is 0 Å². The molecule has 86 valence electrons. The average Bonchev–Trinajstić information content (AvgIpc) is 2.62. The molecule has 0 aliphatic carbocycles. The SMILES string of the molecule is CC(C)(C)NCC(O)COc1ccsn1. The van der Waals surface area contributed by atoms with Crippen LogP contribution in [0.5, 0.6) is 5.88 Å². The van der Waals surface area contributed by atoms with Gasteiger partial charge in [-0.1, -0.05) is 0 Å². The predicted octanol–water partition coefficient (Wildman–Crippen LogP) is 1.27. The molecule has 1 aromatic rings. The molecule has 1 aromatic heterocycles. The first-order valence-corrected chi connectivity index (χ1v) is 5.77. The summed E-state index contributed by atoms with van der Waals surface area (Å²) in [7, 11) is 0. The van der Waals surface area contributed by atoms with Crippen LogP contribution in [-0.2, 0) is 0 Å². The standard InChI is InChI=1S/C10H18N2O2S/c1-10(2,3)11-6-8(13)7-14-9-4-5-15-12-9/h4-5,8,11,13H,6-7H2,1-3H3. The van der Waals surface area contributed by atoms with Gasteiger partial charge in [0.2, 0.25) is 5.88 Å². The molecular weight excluding hydrogens is 212 g/mol. The molecule has 0 aromatic carbocycles. The van der Waals surface area contributed by atoms with Crippen LogP contribution in [0, 0.1) is 0 Å². The third-order valence-corrected chi connectivity index (χ3v) is 2.25. The second-order valence-corrected chi connectivity index (χ2v) is 5.10. The summed E-state index contributed by atoms with van der Waals surface area (Å²) in [5.41, 5.74) is 0.0155. The number of ether oxygens (including phenoxy) is 1. The van der Waals surface area contributed by atoms with Crippen molar-refractivity contribution < 1.29 is 9.84 Å². The molecule has 1 heterocycles. The van der Waals surface area contributed by atoms with E-state index in [9.17, 15) is 5.11 Å². The van der Waals surface area contributed by atoms with Crippen LogP contribution in [0.4, 0.5) is 0 Å². The molecule has 15 heavy (non-hydrogen) atoms. The van der Waals surface area contributed by atoms with Gasteiger partial charge >= 0.3 is 0 Å². The summed E-state index contributed by atoms with van der Waals surface area (Å²) in [6.45, 7) is 6.96. The maximum atomic E-state index is 9.60. The van der Waals surface area contributed by atoms with Gasteiger partial charge in [-0.15, -0.1) is 0 Å². The van der Waals surface area contributed by atoms with Gasteiger partial charge in [0.05, 0.1) is 0 Å². The van der Waals surface area contributed by atoms with Crippen LogP contribution < -0.4 is 10.1 Å². The Morgan fingerprint density at radius 3 is 2.87 bits per heavy atom. The lowest BCUT2D eigenvalue weighted by Crippen LogP contribution is -2.42. The molecule has 0 fully saturated rings. The van der Waals surface area contributed by atoms with Crippen LogP contribution in [0.2, 0.25) is 0 Å². The quantitative estimate of drug-likeness (QED) is 0.800. The molecule has 0 aliphatic heterocycles. The molecule has 0 radical (unpaired) electrons. The van der Waals surface area contributed by atoms with E-state index in [0.717, 1.165) is 0 Å². The minimum absolute atomic E-state index is 0.0155. The number of hydrogen-bond donors (Lipinski definition) is 2. The first kappa shape index (κ1) is 12.4. The number of rotatable bonds is 5. The minimum Gasteiger partial charge on any atom is -0.474 e. The maximum absolute atomic E-state index is 9.60. The lowest BCUT2D eigenvalue weighted by molar-refractivity contribution is 0.0983. The minimum atomic E-state index is -0.508. The van der Waals surface area contributed by atoms with E-state index in [1.54, 1.807) is 6.07 Å². The Hall–Kier alpha value is -0.650. The third kappa shape index (κ3) is 5.71. The van der Waals surface area contributed by atoms with Crippen molar-refractivity contribution in [1.29, 1.82) is 0 Å². The highest BCUT2D eigenvalue weighted by molar-refractivity contribution is 7.03. The fourth-order valence-electron chi connectivity index (χ4n) is 0.940. The van der Waals surface area contributed by atoms with E-state index in [2.05, 4.69) is 30.5 Å². The molecule has 1 atom stereocenters. The highest BCUT2D eigenvalue weighted by atomic mass is 32.1. The van der Waals surface area contributed by atoms with Crippen molar-refractivity contribution in [2.45, 2.75) is 32.4 Å². The Kier molecular flexibility index (Phi) is 4.50. The summed E-state index contributed by atoms with van der Waals surface area (Å²) in [6.07, 6.45) is -0.508. The Morgan fingerprint density at radius 1 is 1.60 bits per heavy atom. The van der Waals surface area contributed by atoms with Crippen LogP contribution in [-0.4, -0.2) is 34.3 Å². The Morgan fingerprint density at radius 2 is 2.33 bits per heavy atom. The normalized spacial score (nSPS) is 13.9. The van der Waals surface area contributed by atoms with Crippen molar-refractivity contribution in [3.63, 3.8) is 0 Å². The maximum Gasteiger partial charge on any atom is 0.225 e. The summed E-state index contributed by atoms with van der Waals surface area (Å²) < 4.78 is 9.27. The lowest BCUT2D eigenvalue weighted by atomic mass is 10.1. The Bertz CT molecular complexity index is 269. The molecule has 0 aliphatic rings. The van der Waals surface area contributed by atoms with Crippen molar-refractivity contribution >= 4 is 11.5 Å². The number of aromatic nitrogens is 1. The van der Waals surface area contributed by atoms with Crippen molar-refractivity contribution in [2.75, 3.05) is 13.2 Å². The zero-order valence-corrected chi connectivity index (χ0v) is 10.2. The largest absolute Gasteiger partial charge is 0.474 e. The van der Waals surface area contributed by atoms with Gasteiger partial charge in [0.15, 0.2) is 0 Å². The van der Waals surface area contributed by atoms with E-state index in [4.69, 9.17) is 4.74 Å². The molecule has 0 spiro atoms. The fourth-order valence-corrected chi connectivity index (χ4v) is 1.40. The first-order chi connectivity index (χ1) is 6.97. The summed E-state index contributed by atoms with van der Waals surface area (Å²) >= 11 is 1.34. The molecule has 1 unspecified atom stereocenters. The molecule has 2 N–H and O–H groups in total. The highest BCUT2D eigenvalue weighted by Gasteiger charge is 2.12. The second kappa shape index (κ2) is 5.44. The highest BCUT2D eigenvalue weighted by Crippen LogP contribution is 2.08. The zero-order valence-electron chi connectivity index (χ0n) is 9.36. The number of β-amino-alcohol motifs (C(OH)–C–C–N with tert-alkyl or cyclic N) is 1. The summed E-state index contributed by atoms with van der Waals surface area (Å²) in [6, 6.07) is 1.79. The first-order valence-electron chi connectivity index (χ1n) is 4.93. The van der Waals surface area contributed by atoms with E-state index in [-0.39, 0.29) is 12.1 Å². The monoisotopic (exact) mass is 230 g/mol. The van der Waals surface area contributed by atoms with Gasteiger partial charge in [0.25, 0.3) is 0 Å². The van der Waals surface area contributed by atoms with E-state index in [1.165, 1.54) is 11.5 Å². The molecule has 0 amide bonds. The molecule has 5 heteroatoms. The second-order valence-electron chi connectivity index (χ2n) is 4.43. The predicted molar refractivity (Wildman–Crippen MR) is 61.4 cm³/mol. The van der Waals surface area contributed by atoms with E-state index < -0.39 is 6.10 Å². The molecule has 4 nitrogen and oxygen atoms in total. The van der Waals surface area contributed by atoms with Gasteiger partial charge < -0.3 is 15.2 Å². The van der Waals surface area contributed by atoms with Crippen LogP contribution in [0.15, 0.2) is 11.4 Å². The van der Waals surface area contributed by atoms with Crippen LogP contribution in [0.3, 0.4) is 0 Å². The number of nitrogens with zero attached hydrogens (tertiary/aromatic N) is 1. The molecule has 0 bridgehead atoms. The molecule has 0 saturated carbocycles. The number of aliphatic hydroxyl groups excluding tert-OH is 1. The summed E-state index contributed by atoms with van der Waals surface area (Å²) in [5, 5.41) is 14.6. The van der Waals surface area contributed by atoms with Crippen LogP contribution in [0.25, 0.3) is 0 Å². The number of aliphatic hydroxyl groups is 1. The summed E-state index contributed by atoms with van der Waals surface area (Å²) in [4.78, 5) is 0. The van der Waals surface area contributed by atoms with Gasteiger partial charge in [-0.05, 0) is 32.3 Å². The van der Waals surface area contributed by atoms with Gasteiger partial charge in [-0.3, -0.25) is 0 Å². The van der Waals surface area contributed by atoms with Crippen molar-refractivity contribution in [1.82, 2.24) is 9.69 Å². The molecule has 1 rings (SSSR count). The van der Waals surface area contributed by atoms with Gasteiger partial charge in [-0.25, -0.2) is 0 Å². The van der Waals surface area contributed by atoms with Gasteiger partial charge in [0.1, 0.15) is 12.7 Å². The van der Waals surface area contributed by atoms with Crippen LogP contribution >= 0.6 is 11.5 Å². The number of hydrogen-bond acceptors (Lipinski definition) is 5. The lowest BCUT2D eigenvalue weighted by Gasteiger charge is -2.22. The number of nitrogens with one attached hydrogen (secondary N) is 1. The van der Waals surface area contributed by atoms with Gasteiger partial charge in [-0.2, -0.15) is 4.37 Å². The summed E-state index contributed by atoms with van der Waals surface area (Å²) in [5.74, 6) is 0.579. The third-order valence-electron chi connectivity index (χ3n) is 1.71. The van der Waals surface area contributed by atoms with Crippen LogP contribution in [0.1, 0.15) is 20.8 Å². The average molecular weight is 230 g/mol. The van der Waals surface area contributed by atoms with E-state index in [0.29, 0.717) is 12.4 Å². The molecule has 0 saturated heterocycles. The Labute approximate surface area is 94.4 Å². The van der Waals surface area contributed by atoms with E-state index in [1.807, 2.05) is 5.38 Å². The molecular formula is C10H18N2O2S. The van der Waals surface area contributed by atoms with Crippen molar-refractivity contribution in [3.8, 4) is 5.88 Å². The van der Waals surface area contributed by atoms with Gasteiger partial charge in [0, 0.05) is 23.5 Å². The fraction of sp³-hybridized carbons (Fsp3) is 0.700. The topological polar surface area (TPSA) is 54.4 Å². The van der Waals surface area contributed by atoms with Crippen molar-refractivity contribution in [3.05, 3.63) is 11.4 Å². The smallest absolute Gasteiger partial charge is 0.225 e. The zero-order chi connectivity index (χ0) is 11.3.